The lowest BCUT2D eigenvalue weighted by Gasteiger charge is -2.18. The van der Waals surface area contributed by atoms with Crippen molar-refractivity contribution >= 4 is 17.9 Å². The summed E-state index contributed by atoms with van der Waals surface area (Å²) in [7, 11) is 0. The van der Waals surface area contributed by atoms with E-state index in [0.29, 0.717) is 19.3 Å². The lowest BCUT2D eigenvalue weighted by atomic mass is 10.0. The molecule has 0 spiro atoms. The van der Waals surface area contributed by atoms with Crippen LogP contribution in [0.1, 0.15) is 278 Å². The van der Waals surface area contributed by atoms with E-state index in [-0.39, 0.29) is 31.1 Å². The topological polar surface area (TPSA) is 78.9 Å². The molecule has 0 saturated heterocycles. The second kappa shape index (κ2) is 45.1. The molecule has 6 nitrogen and oxygen atoms in total. The third-order valence-electron chi connectivity index (χ3n) is 11.1. The Kier molecular flexibility index (Phi) is 43.8. The van der Waals surface area contributed by atoms with E-state index < -0.39 is 6.10 Å². The summed E-state index contributed by atoms with van der Waals surface area (Å²) in [6.07, 6.45) is 46.8. The van der Waals surface area contributed by atoms with Crippen LogP contribution in [0.4, 0.5) is 0 Å². The Bertz CT molecular complexity index is 813. The average molecular weight is 779 g/mol. The van der Waals surface area contributed by atoms with Crippen LogP contribution >= 0.6 is 0 Å². The second-order valence-electron chi connectivity index (χ2n) is 16.7. The molecule has 0 amide bonds. The van der Waals surface area contributed by atoms with Crippen molar-refractivity contribution in [3.8, 4) is 0 Å². The predicted molar refractivity (Wildman–Crippen MR) is 233 cm³/mol. The lowest BCUT2D eigenvalue weighted by molar-refractivity contribution is -0.167. The maximum absolute atomic E-state index is 12.7. The van der Waals surface area contributed by atoms with E-state index >= 15 is 0 Å². The highest BCUT2D eigenvalue weighted by Gasteiger charge is 2.19. The number of hydrogen-bond donors (Lipinski definition) is 0. The first-order valence-corrected chi connectivity index (χ1v) is 24.5. The van der Waals surface area contributed by atoms with Gasteiger partial charge in [0.05, 0.1) is 0 Å². The van der Waals surface area contributed by atoms with Crippen LogP contribution in [0.25, 0.3) is 0 Å². The molecule has 0 aromatic heterocycles. The molecule has 1 unspecified atom stereocenters. The standard InChI is InChI=1S/C49H94O6/c1-4-7-10-13-16-18-20-22-23-24-25-26-28-29-31-33-36-39-42-48(51)54-45-46(44-53-47(50)41-38-35-15-12-9-6-3)55-49(52)43-40-37-34-32-30-27-21-19-17-14-11-8-5-2/h46H,4-45H2,1-3H3. The highest BCUT2D eigenvalue weighted by Crippen LogP contribution is 2.16. The molecule has 1 atom stereocenters. The normalized spacial score (nSPS) is 11.8. The van der Waals surface area contributed by atoms with Crippen LogP contribution in [0.3, 0.4) is 0 Å². The monoisotopic (exact) mass is 779 g/mol. The average Bonchev–Trinajstić information content (AvgIpc) is 3.18. The van der Waals surface area contributed by atoms with E-state index in [4.69, 9.17) is 14.2 Å². The zero-order valence-corrected chi connectivity index (χ0v) is 37.2. The van der Waals surface area contributed by atoms with Crippen molar-refractivity contribution < 1.29 is 28.6 Å². The summed E-state index contributed by atoms with van der Waals surface area (Å²) < 4.78 is 16.7. The van der Waals surface area contributed by atoms with Crippen molar-refractivity contribution in [2.45, 2.75) is 284 Å². The van der Waals surface area contributed by atoms with Gasteiger partial charge in [0.1, 0.15) is 13.2 Å². The second-order valence-corrected chi connectivity index (χ2v) is 16.7. The van der Waals surface area contributed by atoms with Crippen molar-refractivity contribution in [3.63, 3.8) is 0 Å². The molecule has 0 radical (unpaired) electrons. The largest absolute Gasteiger partial charge is 0.462 e. The van der Waals surface area contributed by atoms with Gasteiger partial charge in [0.2, 0.25) is 0 Å². The first-order chi connectivity index (χ1) is 27.0. The predicted octanol–water partition coefficient (Wildman–Crippen LogP) is 15.6. The number of hydrogen-bond acceptors (Lipinski definition) is 6. The number of ether oxygens (including phenoxy) is 3. The van der Waals surface area contributed by atoms with Crippen LogP contribution in [-0.4, -0.2) is 37.2 Å². The Hall–Kier alpha value is -1.59. The highest BCUT2D eigenvalue weighted by atomic mass is 16.6. The van der Waals surface area contributed by atoms with Crippen LogP contribution in [0.5, 0.6) is 0 Å². The maximum Gasteiger partial charge on any atom is 0.306 e. The summed E-state index contributed by atoms with van der Waals surface area (Å²) in [5, 5.41) is 0. The van der Waals surface area contributed by atoms with Gasteiger partial charge in [0, 0.05) is 19.3 Å². The van der Waals surface area contributed by atoms with E-state index in [1.807, 2.05) is 0 Å². The molecule has 0 fully saturated rings. The molecule has 55 heavy (non-hydrogen) atoms. The molecule has 0 aromatic carbocycles. The van der Waals surface area contributed by atoms with Gasteiger partial charge in [-0.25, -0.2) is 0 Å². The summed E-state index contributed by atoms with van der Waals surface area (Å²) in [6.45, 7) is 6.61. The molecule has 0 aliphatic carbocycles. The SMILES string of the molecule is CCCCCCCCCCCCCCCCCCCCC(=O)OCC(COC(=O)CCCCCCCC)OC(=O)CCCCCCCCCCCCCCC. The van der Waals surface area contributed by atoms with Crippen molar-refractivity contribution in [1.29, 1.82) is 0 Å². The van der Waals surface area contributed by atoms with E-state index in [2.05, 4.69) is 20.8 Å². The van der Waals surface area contributed by atoms with Gasteiger partial charge >= 0.3 is 17.9 Å². The highest BCUT2D eigenvalue weighted by molar-refractivity contribution is 5.71. The number of carbonyl (C=O) groups excluding carboxylic acids is 3. The minimum Gasteiger partial charge on any atom is -0.462 e. The Morgan fingerprint density at radius 1 is 0.291 bits per heavy atom. The van der Waals surface area contributed by atoms with Gasteiger partial charge in [-0.2, -0.15) is 0 Å². The van der Waals surface area contributed by atoms with Gasteiger partial charge in [0.15, 0.2) is 6.10 Å². The summed E-state index contributed by atoms with van der Waals surface area (Å²) in [4.78, 5) is 37.6. The molecule has 0 aliphatic rings. The number of esters is 3. The minimum atomic E-state index is -0.757. The molecule has 0 heterocycles. The zero-order valence-electron chi connectivity index (χ0n) is 37.2. The molecule has 0 bridgehead atoms. The van der Waals surface area contributed by atoms with Gasteiger partial charge in [-0.3, -0.25) is 14.4 Å². The molecule has 0 saturated carbocycles. The molecule has 0 N–H and O–H groups in total. The molecule has 6 heteroatoms. The fraction of sp³-hybridized carbons (Fsp3) is 0.939. The molecular weight excluding hydrogens is 685 g/mol. The van der Waals surface area contributed by atoms with Crippen LogP contribution < -0.4 is 0 Å². The zero-order chi connectivity index (χ0) is 40.1. The Labute approximate surface area is 342 Å². The fourth-order valence-corrected chi connectivity index (χ4v) is 7.38. The summed E-state index contributed by atoms with van der Waals surface area (Å²) in [5.41, 5.74) is 0. The van der Waals surface area contributed by atoms with E-state index in [1.54, 1.807) is 0 Å². The summed E-state index contributed by atoms with van der Waals surface area (Å²) in [6, 6.07) is 0. The van der Waals surface area contributed by atoms with Gasteiger partial charge in [-0.05, 0) is 19.3 Å². The third-order valence-corrected chi connectivity index (χ3v) is 11.1. The lowest BCUT2D eigenvalue weighted by Crippen LogP contribution is -2.30. The van der Waals surface area contributed by atoms with Gasteiger partial charge in [-0.1, -0.05) is 239 Å². The smallest absolute Gasteiger partial charge is 0.306 e. The summed E-state index contributed by atoms with van der Waals surface area (Å²) in [5.74, 6) is -0.856. The number of unbranched alkanes of at least 4 members (excludes halogenated alkanes) is 34. The van der Waals surface area contributed by atoms with E-state index in [1.165, 1.54) is 180 Å². The molecule has 326 valence electrons. The van der Waals surface area contributed by atoms with Crippen LogP contribution in [-0.2, 0) is 28.6 Å². The van der Waals surface area contributed by atoms with Crippen molar-refractivity contribution in [2.75, 3.05) is 13.2 Å². The Balaban J connectivity index is 4.15. The maximum atomic E-state index is 12.7. The van der Waals surface area contributed by atoms with Gasteiger partial charge in [-0.15, -0.1) is 0 Å². The molecule has 0 aliphatic heterocycles. The van der Waals surface area contributed by atoms with Gasteiger partial charge < -0.3 is 14.2 Å². The van der Waals surface area contributed by atoms with Crippen molar-refractivity contribution in [1.82, 2.24) is 0 Å². The molecular formula is C49H94O6. The fourth-order valence-electron chi connectivity index (χ4n) is 7.38. The van der Waals surface area contributed by atoms with E-state index in [9.17, 15) is 14.4 Å². The van der Waals surface area contributed by atoms with Crippen molar-refractivity contribution in [2.24, 2.45) is 0 Å². The Morgan fingerprint density at radius 3 is 0.727 bits per heavy atom. The molecule has 0 rings (SSSR count). The van der Waals surface area contributed by atoms with Gasteiger partial charge in [0.25, 0.3) is 0 Å². The first-order valence-electron chi connectivity index (χ1n) is 24.5. The van der Waals surface area contributed by atoms with E-state index in [0.717, 1.165) is 57.8 Å². The van der Waals surface area contributed by atoms with Crippen molar-refractivity contribution in [3.05, 3.63) is 0 Å². The third kappa shape index (κ3) is 43.4. The van der Waals surface area contributed by atoms with Crippen LogP contribution in [0, 0.1) is 0 Å². The van der Waals surface area contributed by atoms with Crippen LogP contribution in [0.15, 0.2) is 0 Å². The quantitative estimate of drug-likeness (QED) is 0.0348. The number of rotatable bonds is 45. The minimum absolute atomic E-state index is 0.0630. The first kappa shape index (κ1) is 53.4. The Morgan fingerprint density at radius 2 is 0.491 bits per heavy atom. The number of carbonyl (C=O) groups is 3. The molecule has 0 aromatic rings. The summed E-state index contributed by atoms with van der Waals surface area (Å²) >= 11 is 0. The van der Waals surface area contributed by atoms with Crippen LogP contribution in [0.2, 0.25) is 0 Å².